The predicted molar refractivity (Wildman–Crippen MR) is 65.1 cm³/mol. The monoisotopic (exact) mass is 214 g/mol. The number of rotatable bonds is 5. The van der Waals surface area contributed by atoms with Gasteiger partial charge in [-0.25, -0.2) is 0 Å². The molecular weight excluding hydrogens is 196 g/mol. The molecule has 1 aliphatic rings. The van der Waals surface area contributed by atoms with Gasteiger partial charge in [0.2, 0.25) is 0 Å². The Balaban J connectivity index is 1.70. The first-order valence-electron chi connectivity index (χ1n) is 6.07. The first kappa shape index (κ1) is 11.2. The summed E-state index contributed by atoms with van der Waals surface area (Å²) >= 11 is 0. The van der Waals surface area contributed by atoms with Gasteiger partial charge in [-0.15, -0.1) is 0 Å². The zero-order chi connectivity index (χ0) is 11.2. The maximum Gasteiger partial charge on any atom is 0.0621 e. The third-order valence-corrected chi connectivity index (χ3v) is 3.20. The number of nitrogens with one attached hydrogen (secondary N) is 1. The molecule has 0 aliphatic heterocycles. The highest BCUT2D eigenvalue weighted by Crippen LogP contribution is 2.21. The summed E-state index contributed by atoms with van der Waals surface area (Å²) in [5, 5.41) is 12.0. The van der Waals surface area contributed by atoms with Crippen LogP contribution in [-0.2, 0) is 12.8 Å². The molecule has 0 radical (unpaired) electrons. The topological polar surface area (TPSA) is 35.8 Å². The highest BCUT2D eigenvalue weighted by atomic mass is 14.9. The van der Waals surface area contributed by atoms with E-state index >= 15 is 0 Å². The minimum absolute atomic E-state index is 0.611. The van der Waals surface area contributed by atoms with Crippen LogP contribution in [0.1, 0.15) is 30.4 Å². The molecule has 0 spiro atoms. The maximum absolute atomic E-state index is 8.43. The van der Waals surface area contributed by atoms with Crippen LogP contribution in [0, 0.1) is 11.3 Å². The fourth-order valence-corrected chi connectivity index (χ4v) is 2.34. The minimum atomic E-state index is 0.611. The summed E-state index contributed by atoms with van der Waals surface area (Å²) in [6.45, 7) is 1.04. The summed E-state index contributed by atoms with van der Waals surface area (Å²) in [4.78, 5) is 0. The predicted octanol–water partition coefficient (Wildman–Crippen LogP) is 2.44. The number of nitriles is 1. The van der Waals surface area contributed by atoms with Gasteiger partial charge in [-0.05, 0) is 43.4 Å². The molecule has 2 nitrogen and oxygen atoms in total. The number of hydrogen-bond donors (Lipinski definition) is 1. The Kier molecular flexibility index (Phi) is 3.96. The molecule has 0 saturated heterocycles. The minimum Gasteiger partial charge on any atom is -0.313 e. The molecule has 0 atom stereocenters. The molecule has 1 aromatic rings. The lowest BCUT2D eigenvalue weighted by molar-refractivity contribution is 0.516. The summed E-state index contributed by atoms with van der Waals surface area (Å²) in [7, 11) is 0. The van der Waals surface area contributed by atoms with Crippen LogP contribution < -0.4 is 5.32 Å². The molecule has 2 heteroatoms. The molecule has 16 heavy (non-hydrogen) atoms. The van der Waals surface area contributed by atoms with Crippen molar-refractivity contribution < 1.29 is 0 Å². The van der Waals surface area contributed by atoms with E-state index in [4.69, 9.17) is 5.26 Å². The molecule has 0 saturated carbocycles. The number of benzene rings is 1. The Morgan fingerprint density at radius 3 is 2.50 bits per heavy atom. The highest BCUT2D eigenvalue weighted by Gasteiger charge is 2.19. The molecule has 1 aromatic carbocycles. The zero-order valence-corrected chi connectivity index (χ0v) is 9.58. The Labute approximate surface area is 97.3 Å². The van der Waals surface area contributed by atoms with Gasteiger partial charge in [0, 0.05) is 12.5 Å². The van der Waals surface area contributed by atoms with Gasteiger partial charge < -0.3 is 5.32 Å². The highest BCUT2D eigenvalue weighted by molar-refractivity contribution is 5.33. The summed E-state index contributed by atoms with van der Waals surface area (Å²) in [6.07, 6.45) is 5.14. The van der Waals surface area contributed by atoms with Crippen molar-refractivity contribution in [2.75, 3.05) is 6.54 Å². The normalized spacial score (nSPS) is 14.7. The van der Waals surface area contributed by atoms with E-state index in [-0.39, 0.29) is 0 Å². The van der Waals surface area contributed by atoms with E-state index in [1.165, 1.54) is 11.1 Å². The van der Waals surface area contributed by atoms with Crippen molar-refractivity contribution in [1.82, 2.24) is 5.32 Å². The molecule has 0 aromatic heterocycles. The maximum atomic E-state index is 8.43. The van der Waals surface area contributed by atoms with Gasteiger partial charge in [0.25, 0.3) is 0 Å². The lowest BCUT2D eigenvalue weighted by Gasteiger charge is -2.10. The van der Waals surface area contributed by atoms with Crippen LogP contribution >= 0.6 is 0 Å². The largest absolute Gasteiger partial charge is 0.313 e. The average molecular weight is 214 g/mol. The third kappa shape index (κ3) is 2.84. The lowest BCUT2D eigenvalue weighted by Crippen LogP contribution is -2.30. The molecule has 0 bridgehead atoms. The van der Waals surface area contributed by atoms with E-state index in [0.29, 0.717) is 12.5 Å². The molecule has 0 fully saturated rings. The first-order chi connectivity index (χ1) is 7.90. The van der Waals surface area contributed by atoms with Crippen LogP contribution in [0.5, 0.6) is 0 Å². The molecule has 84 valence electrons. The van der Waals surface area contributed by atoms with Gasteiger partial charge in [-0.1, -0.05) is 24.3 Å². The van der Waals surface area contributed by atoms with Crippen LogP contribution in [0.2, 0.25) is 0 Å². The first-order valence-corrected chi connectivity index (χ1v) is 6.07. The van der Waals surface area contributed by atoms with Crippen LogP contribution in [0.3, 0.4) is 0 Å². The Bertz CT molecular complexity index is 354. The van der Waals surface area contributed by atoms with Crippen molar-refractivity contribution in [3.8, 4) is 6.07 Å². The average Bonchev–Trinajstić information content (AvgIpc) is 2.71. The van der Waals surface area contributed by atoms with Gasteiger partial charge >= 0.3 is 0 Å². The molecule has 1 N–H and O–H groups in total. The Morgan fingerprint density at radius 2 is 1.88 bits per heavy atom. The van der Waals surface area contributed by atoms with Crippen molar-refractivity contribution in [2.24, 2.45) is 0 Å². The van der Waals surface area contributed by atoms with Crippen molar-refractivity contribution >= 4 is 0 Å². The molecule has 0 heterocycles. The number of nitrogens with zero attached hydrogens (tertiary/aromatic N) is 1. The summed E-state index contributed by atoms with van der Waals surface area (Å²) in [5.41, 5.74) is 2.99. The molecule has 1 aliphatic carbocycles. The van der Waals surface area contributed by atoms with E-state index < -0.39 is 0 Å². The SMILES string of the molecule is N#CCCCCNC1Cc2ccccc2C1. The van der Waals surface area contributed by atoms with Crippen molar-refractivity contribution in [1.29, 1.82) is 5.26 Å². The number of hydrogen-bond acceptors (Lipinski definition) is 2. The second kappa shape index (κ2) is 5.67. The fourth-order valence-electron chi connectivity index (χ4n) is 2.34. The molecule has 2 rings (SSSR count). The van der Waals surface area contributed by atoms with Crippen LogP contribution in [0.4, 0.5) is 0 Å². The lowest BCUT2D eigenvalue weighted by atomic mass is 10.1. The van der Waals surface area contributed by atoms with E-state index in [1.807, 2.05) is 0 Å². The summed E-state index contributed by atoms with van der Waals surface area (Å²) in [5.74, 6) is 0. The summed E-state index contributed by atoms with van der Waals surface area (Å²) < 4.78 is 0. The Morgan fingerprint density at radius 1 is 1.19 bits per heavy atom. The van der Waals surface area contributed by atoms with E-state index in [9.17, 15) is 0 Å². The molecule has 0 amide bonds. The van der Waals surface area contributed by atoms with Crippen LogP contribution in [0.25, 0.3) is 0 Å². The van der Waals surface area contributed by atoms with Crippen molar-refractivity contribution in [2.45, 2.75) is 38.1 Å². The zero-order valence-electron chi connectivity index (χ0n) is 9.58. The van der Waals surface area contributed by atoms with Gasteiger partial charge in [0.15, 0.2) is 0 Å². The van der Waals surface area contributed by atoms with Crippen molar-refractivity contribution in [3.63, 3.8) is 0 Å². The van der Waals surface area contributed by atoms with Gasteiger partial charge in [-0.3, -0.25) is 0 Å². The van der Waals surface area contributed by atoms with E-state index in [0.717, 1.165) is 32.2 Å². The smallest absolute Gasteiger partial charge is 0.0621 e. The van der Waals surface area contributed by atoms with Crippen molar-refractivity contribution in [3.05, 3.63) is 35.4 Å². The van der Waals surface area contributed by atoms with E-state index in [1.54, 1.807) is 0 Å². The second-order valence-electron chi connectivity index (χ2n) is 4.44. The van der Waals surface area contributed by atoms with Gasteiger partial charge in [0.05, 0.1) is 6.07 Å². The third-order valence-electron chi connectivity index (χ3n) is 3.20. The van der Waals surface area contributed by atoms with Gasteiger partial charge in [0.1, 0.15) is 0 Å². The van der Waals surface area contributed by atoms with E-state index in [2.05, 4.69) is 35.7 Å². The second-order valence-corrected chi connectivity index (χ2v) is 4.44. The quantitative estimate of drug-likeness (QED) is 0.764. The van der Waals surface area contributed by atoms with Gasteiger partial charge in [-0.2, -0.15) is 5.26 Å². The van der Waals surface area contributed by atoms with Crippen LogP contribution in [-0.4, -0.2) is 12.6 Å². The number of unbranched alkanes of at least 4 members (excludes halogenated alkanes) is 2. The fraction of sp³-hybridized carbons (Fsp3) is 0.500. The summed E-state index contributed by atoms with van der Waals surface area (Å²) in [6, 6.07) is 11.5. The molecule has 0 unspecified atom stereocenters. The number of fused-ring (bicyclic) bond motifs is 1. The Hall–Kier alpha value is -1.33. The molecular formula is C14H18N2. The standard InChI is InChI=1S/C14H18N2/c15-8-4-1-5-9-16-14-10-12-6-2-3-7-13(12)11-14/h2-3,6-7,14,16H,1,4-5,9-11H2. The van der Waals surface area contributed by atoms with Crippen LogP contribution in [0.15, 0.2) is 24.3 Å².